The van der Waals surface area contributed by atoms with Crippen LogP contribution in [-0.2, 0) is 20.2 Å². The summed E-state index contributed by atoms with van der Waals surface area (Å²) in [4.78, 5) is 0. The Balaban J connectivity index is 1.31. The topological polar surface area (TPSA) is 92.6 Å². The number of tetrazole rings is 1. The lowest BCUT2D eigenvalue weighted by molar-refractivity contribution is 0.174. The first-order valence-electron chi connectivity index (χ1n) is 9.57. The van der Waals surface area contributed by atoms with E-state index in [1.807, 2.05) is 37.4 Å². The molecule has 1 aliphatic heterocycles. The summed E-state index contributed by atoms with van der Waals surface area (Å²) < 4.78 is 24.9. The molecule has 0 bridgehead atoms. The molecule has 0 spiro atoms. The van der Waals surface area contributed by atoms with Crippen molar-refractivity contribution in [2.75, 3.05) is 26.2 Å². The Hall–Kier alpha value is -2.50. The number of thioether (sulfide) groups is 1. The van der Waals surface area contributed by atoms with Gasteiger partial charge in [-0.3, -0.25) is 0 Å². The van der Waals surface area contributed by atoms with E-state index < -0.39 is 0 Å². The standard InChI is InChI=1S/C20H22BrN5O4S/c1-26-20(23-24-25-26)31-6-5-22-10-14-7-15(21)19(18(9-14)27-2)28-11-13-3-4-16-17(8-13)30-12-29-16/h3-4,7-9,22H,5-6,10-12H2,1-2H3. The van der Waals surface area contributed by atoms with E-state index in [9.17, 15) is 0 Å². The molecule has 0 radical (unpaired) electrons. The molecule has 1 aliphatic rings. The number of fused-ring (bicyclic) bond motifs is 1. The van der Waals surface area contributed by atoms with Crippen molar-refractivity contribution in [1.82, 2.24) is 25.5 Å². The van der Waals surface area contributed by atoms with Crippen molar-refractivity contribution in [1.29, 1.82) is 0 Å². The highest BCUT2D eigenvalue weighted by Gasteiger charge is 2.15. The number of methoxy groups -OCH3 is 1. The molecule has 2 aromatic carbocycles. The van der Waals surface area contributed by atoms with E-state index in [1.54, 1.807) is 23.6 Å². The number of rotatable bonds is 10. The summed E-state index contributed by atoms with van der Waals surface area (Å²) in [5, 5.41) is 15.6. The van der Waals surface area contributed by atoms with Gasteiger partial charge in [0.05, 0.1) is 11.6 Å². The average Bonchev–Trinajstić information content (AvgIpc) is 3.40. The van der Waals surface area contributed by atoms with Crippen LogP contribution in [0, 0.1) is 0 Å². The first-order valence-corrected chi connectivity index (χ1v) is 11.4. The summed E-state index contributed by atoms with van der Waals surface area (Å²) in [6, 6.07) is 9.79. The molecule has 31 heavy (non-hydrogen) atoms. The van der Waals surface area contributed by atoms with E-state index in [-0.39, 0.29) is 6.79 Å². The number of aromatic nitrogens is 4. The van der Waals surface area contributed by atoms with Gasteiger partial charge in [0, 0.05) is 25.9 Å². The third-order valence-electron chi connectivity index (χ3n) is 4.53. The van der Waals surface area contributed by atoms with E-state index in [2.05, 4.69) is 36.8 Å². The fourth-order valence-corrected chi connectivity index (χ4v) is 4.34. The van der Waals surface area contributed by atoms with Crippen LogP contribution in [0.3, 0.4) is 0 Å². The monoisotopic (exact) mass is 507 g/mol. The van der Waals surface area contributed by atoms with Crippen molar-refractivity contribution in [3.8, 4) is 23.0 Å². The number of nitrogens with zero attached hydrogens (tertiary/aromatic N) is 4. The second kappa shape index (κ2) is 10.2. The lowest BCUT2D eigenvalue weighted by Crippen LogP contribution is -2.17. The number of ether oxygens (including phenoxy) is 4. The summed E-state index contributed by atoms with van der Waals surface area (Å²) in [5.41, 5.74) is 2.07. The molecule has 0 unspecified atom stereocenters. The Labute approximate surface area is 192 Å². The van der Waals surface area contributed by atoms with Crippen LogP contribution < -0.4 is 24.3 Å². The third kappa shape index (κ3) is 5.41. The predicted molar refractivity (Wildman–Crippen MR) is 119 cm³/mol. The summed E-state index contributed by atoms with van der Waals surface area (Å²) in [6.07, 6.45) is 0. The molecule has 2 heterocycles. The molecule has 0 fully saturated rings. The Morgan fingerprint density at radius 1 is 1.19 bits per heavy atom. The summed E-state index contributed by atoms with van der Waals surface area (Å²) in [6.45, 7) is 2.16. The van der Waals surface area contributed by atoms with Crippen LogP contribution >= 0.6 is 27.7 Å². The molecule has 0 aliphatic carbocycles. The van der Waals surface area contributed by atoms with E-state index in [1.165, 1.54) is 0 Å². The summed E-state index contributed by atoms with van der Waals surface area (Å²) in [5.74, 6) is 3.69. The van der Waals surface area contributed by atoms with Crippen LogP contribution in [0.2, 0.25) is 0 Å². The lowest BCUT2D eigenvalue weighted by atomic mass is 10.2. The number of halogens is 1. The van der Waals surface area contributed by atoms with Gasteiger partial charge in [0.15, 0.2) is 23.0 Å². The van der Waals surface area contributed by atoms with Crippen LogP contribution in [0.5, 0.6) is 23.0 Å². The highest BCUT2D eigenvalue weighted by atomic mass is 79.9. The molecule has 0 saturated heterocycles. The highest BCUT2D eigenvalue weighted by molar-refractivity contribution is 9.10. The number of nitrogens with one attached hydrogen (secondary N) is 1. The van der Waals surface area contributed by atoms with Crippen molar-refractivity contribution in [3.05, 3.63) is 45.9 Å². The van der Waals surface area contributed by atoms with Gasteiger partial charge in [-0.15, -0.1) is 5.10 Å². The smallest absolute Gasteiger partial charge is 0.231 e. The maximum Gasteiger partial charge on any atom is 0.231 e. The van der Waals surface area contributed by atoms with Gasteiger partial charge in [-0.2, -0.15) is 0 Å². The number of hydrogen-bond acceptors (Lipinski definition) is 9. The SMILES string of the molecule is COc1cc(CNCCSc2nnnn2C)cc(Br)c1OCc1ccc2c(c1)OCO2. The Morgan fingerprint density at radius 2 is 2.06 bits per heavy atom. The first-order chi connectivity index (χ1) is 15.1. The van der Waals surface area contributed by atoms with Gasteiger partial charge < -0.3 is 24.3 Å². The maximum absolute atomic E-state index is 6.04. The molecule has 3 aromatic rings. The van der Waals surface area contributed by atoms with Gasteiger partial charge in [0.1, 0.15) is 6.61 Å². The molecule has 0 saturated carbocycles. The quantitative estimate of drug-likeness (QED) is 0.328. The van der Waals surface area contributed by atoms with Crippen LogP contribution in [0.25, 0.3) is 0 Å². The third-order valence-corrected chi connectivity index (χ3v) is 6.13. The van der Waals surface area contributed by atoms with Crippen LogP contribution in [-0.4, -0.2) is 46.4 Å². The summed E-state index contributed by atoms with van der Waals surface area (Å²) in [7, 11) is 3.47. The second-order valence-electron chi connectivity index (χ2n) is 6.70. The fourth-order valence-electron chi connectivity index (χ4n) is 2.99. The molecule has 0 amide bonds. The normalized spacial score (nSPS) is 12.2. The number of hydrogen-bond donors (Lipinski definition) is 1. The van der Waals surface area contributed by atoms with Crippen molar-refractivity contribution in [2.24, 2.45) is 7.05 Å². The van der Waals surface area contributed by atoms with E-state index in [0.29, 0.717) is 24.7 Å². The highest BCUT2D eigenvalue weighted by Crippen LogP contribution is 2.38. The maximum atomic E-state index is 6.04. The largest absolute Gasteiger partial charge is 0.493 e. The van der Waals surface area contributed by atoms with E-state index in [0.717, 1.165) is 44.6 Å². The minimum atomic E-state index is 0.255. The van der Waals surface area contributed by atoms with Crippen molar-refractivity contribution < 1.29 is 18.9 Å². The van der Waals surface area contributed by atoms with Gasteiger partial charge in [-0.1, -0.05) is 17.8 Å². The fraction of sp³-hybridized carbons (Fsp3) is 0.350. The predicted octanol–water partition coefficient (Wildman–Crippen LogP) is 3.17. The van der Waals surface area contributed by atoms with Crippen LogP contribution in [0.1, 0.15) is 11.1 Å². The Morgan fingerprint density at radius 3 is 2.87 bits per heavy atom. The van der Waals surface area contributed by atoms with Gasteiger partial charge >= 0.3 is 0 Å². The number of aryl methyl sites for hydroxylation is 1. The second-order valence-corrected chi connectivity index (χ2v) is 8.61. The molecule has 1 aromatic heterocycles. The minimum absolute atomic E-state index is 0.255. The van der Waals surface area contributed by atoms with Gasteiger partial charge in [-0.25, -0.2) is 4.68 Å². The zero-order valence-electron chi connectivity index (χ0n) is 17.1. The van der Waals surface area contributed by atoms with Gasteiger partial charge in [0.25, 0.3) is 0 Å². The number of benzene rings is 2. The molecule has 4 rings (SSSR count). The lowest BCUT2D eigenvalue weighted by Gasteiger charge is -2.15. The zero-order chi connectivity index (χ0) is 21.6. The molecule has 11 heteroatoms. The van der Waals surface area contributed by atoms with Crippen molar-refractivity contribution in [3.63, 3.8) is 0 Å². The van der Waals surface area contributed by atoms with E-state index in [4.69, 9.17) is 18.9 Å². The average molecular weight is 508 g/mol. The minimum Gasteiger partial charge on any atom is -0.493 e. The van der Waals surface area contributed by atoms with E-state index >= 15 is 0 Å². The van der Waals surface area contributed by atoms with Crippen LogP contribution in [0.15, 0.2) is 40.0 Å². The van der Waals surface area contributed by atoms with Crippen molar-refractivity contribution in [2.45, 2.75) is 18.3 Å². The Kier molecular flexibility index (Phi) is 7.15. The molecular weight excluding hydrogens is 486 g/mol. The molecule has 1 N–H and O–H groups in total. The molecule has 9 nitrogen and oxygen atoms in total. The first kappa shape index (κ1) is 21.7. The molecule has 0 atom stereocenters. The Bertz CT molecular complexity index is 1050. The van der Waals surface area contributed by atoms with Crippen LogP contribution in [0.4, 0.5) is 0 Å². The van der Waals surface area contributed by atoms with Crippen molar-refractivity contribution >= 4 is 27.7 Å². The molecule has 164 valence electrons. The summed E-state index contributed by atoms with van der Waals surface area (Å²) >= 11 is 5.22. The molecular formula is C20H22BrN5O4S. The zero-order valence-corrected chi connectivity index (χ0v) is 19.5. The van der Waals surface area contributed by atoms with Gasteiger partial charge in [0.2, 0.25) is 11.9 Å². The van der Waals surface area contributed by atoms with Gasteiger partial charge in [-0.05, 0) is 61.7 Å².